The van der Waals surface area contributed by atoms with Crippen LogP contribution in [0.1, 0.15) is 13.8 Å². The Morgan fingerprint density at radius 1 is 0.900 bits per heavy atom. The molecule has 6 nitrogen and oxygen atoms in total. The first-order chi connectivity index (χ1) is 9.38. The van der Waals surface area contributed by atoms with E-state index in [1.54, 1.807) is 38.1 Å². The molecule has 0 aliphatic heterocycles. The third-order valence-electron chi connectivity index (χ3n) is 2.27. The lowest BCUT2D eigenvalue weighted by atomic mass is 10.2. The molecule has 0 saturated carbocycles. The van der Waals surface area contributed by atoms with E-state index in [2.05, 4.69) is 10.6 Å². The lowest BCUT2D eigenvalue weighted by molar-refractivity contribution is -0.132. The molecule has 0 heterocycles. The second-order valence-corrected chi connectivity index (χ2v) is 4.13. The highest BCUT2D eigenvalue weighted by atomic mass is 16.4. The second kappa shape index (κ2) is 6.98. The molecule has 0 aliphatic rings. The Morgan fingerprint density at radius 3 is 1.55 bits per heavy atom. The molecule has 0 aromatic heterocycles. The average molecular weight is 276 g/mol. The van der Waals surface area contributed by atoms with Gasteiger partial charge < -0.3 is 20.8 Å². The molecule has 0 radical (unpaired) electrons. The van der Waals surface area contributed by atoms with Crippen molar-refractivity contribution in [1.82, 2.24) is 0 Å². The minimum Gasteiger partial charge on any atom is -0.478 e. The van der Waals surface area contributed by atoms with E-state index in [1.807, 2.05) is 0 Å². The van der Waals surface area contributed by atoms with Crippen LogP contribution in [0.25, 0.3) is 0 Å². The Kier molecular flexibility index (Phi) is 5.34. The van der Waals surface area contributed by atoms with Gasteiger partial charge in [0.25, 0.3) is 0 Å². The van der Waals surface area contributed by atoms with Gasteiger partial charge in [-0.15, -0.1) is 0 Å². The van der Waals surface area contributed by atoms with Gasteiger partial charge in [-0.05, 0) is 26.0 Å². The monoisotopic (exact) mass is 276 g/mol. The number of rotatable bonds is 6. The fraction of sp³-hybridized carbons (Fsp3) is 0.143. The van der Waals surface area contributed by atoms with Crippen LogP contribution in [0.2, 0.25) is 0 Å². The van der Waals surface area contributed by atoms with E-state index in [0.717, 1.165) is 12.2 Å². The van der Waals surface area contributed by atoms with Gasteiger partial charge in [-0.2, -0.15) is 0 Å². The van der Waals surface area contributed by atoms with Crippen LogP contribution in [0, 0.1) is 0 Å². The topological polar surface area (TPSA) is 98.7 Å². The summed E-state index contributed by atoms with van der Waals surface area (Å²) in [7, 11) is 0. The summed E-state index contributed by atoms with van der Waals surface area (Å²) in [5.41, 5.74) is 2.24. The van der Waals surface area contributed by atoms with Crippen LogP contribution in [0.15, 0.2) is 47.8 Å². The van der Waals surface area contributed by atoms with Crippen LogP contribution in [0.3, 0.4) is 0 Å². The molecule has 0 saturated heterocycles. The van der Waals surface area contributed by atoms with E-state index >= 15 is 0 Å². The third-order valence-corrected chi connectivity index (χ3v) is 2.27. The van der Waals surface area contributed by atoms with Gasteiger partial charge in [0.1, 0.15) is 0 Å². The summed E-state index contributed by atoms with van der Waals surface area (Å²) in [4.78, 5) is 21.2. The largest absolute Gasteiger partial charge is 0.478 e. The molecule has 0 atom stereocenters. The van der Waals surface area contributed by atoms with Gasteiger partial charge >= 0.3 is 11.9 Å². The van der Waals surface area contributed by atoms with E-state index in [-0.39, 0.29) is 0 Å². The predicted molar refractivity (Wildman–Crippen MR) is 76.5 cm³/mol. The van der Waals surface area contributed by atoms with Crippen LogP contribution >= 0.6 is 0 Å². The first-order valence-electron chi connectivity index (χ1n) is 5.84. The van der Waals surface area contributed by atoms with Crippen molar-refractivity contribution in [3.8, 4) is 0 Å². The van der Waals surface area contributed by atoms with Gasteiger partial charge in [-0.25, -0.2) is 9.59 Å². The lowest BCUT2D eigenvalue weighted by Gasteiger charge is -2.14. The van der Waals surface area contributed by atoms with Gasteiger partial charge in [0, 0.05) is 23.5 Å². The van der Waals surface area contributed by atoms with Crippen LogP contribution in [-0.4, -0.2) is 22.2 Å². The molecule has 0 bridgehead atoms. The molecule has 0 aliphatic carbocycles. The minimum atomic E-state index is -1.04. The molecule has 20 heavy (non-hydrogen) atoms. The van der Waals surface area contributed by atoms with Crippen molar-refractivity contribution in [3.05, 3.63) is 47.8 Å². The molecule has 1 rings (SSSR count). The fourth-order valence-electron chi connectivity index (χ4n) is 1.57. The number of carbonyl (C=O) groups is 2. The third kappa shape index (κ3) is 5.26. The number of nitrogens with one attached hydrogen (secondary N) is 2. The van der Waals surface area contributed by atoms with Crippen LogP contribution in [0.5, 0.6) is 0 Å². The van der Waals surface area contributed by atoms with E-state index in [9.17, 15) is 9.59 Å². The second-order valence-electron chi connectivity index (χ2n) is 4.13. The number of hydrogen-bond donors (Lipinski definition) is 4. The first kappa shape index (κ1) is 15.3. The number of anilines is 2. The molecular weight excluding hydrogens is 260 g/mol. The number of allylic oxidation sites excluding steroid dienone is 2. The van der Waals surface area contributed by atoms with Gasteiger partial charge in [0.2, 0.25) is 0 Å². The Morgan fingerprint density at radius 2 is 1.25 bits per heavy atom. The number of benzene rings is 1. The number of hydrogen-bond acceptors (Lipinski definition) is 4. The van der Waals surface area contributed by atoms with E-state index in [0.29, 0.717) is 22.8 Å². The average Bonchev–Trinajstić information content (AvgIpc) is 2.29. The molecule has 0 unspecified atom stereocenters. The molecule has 1 aromatic carbocycles. The van der Waals surface area contributed by atoms with Gasteiger partial charge in [0.15, 0.2) is 0 Å². The zero-order valence-electron chi connectivity index (χ0n) is 11.2. The van der Waals surface area contributed by atoms with Gasteiger partial charge in [-0.3, -0.25) is 0 Å². The standard InChI is InChI=1S/C14H16N2O4/c1-9(7-13(17)18)15-11-5-3-4-6-12(11)16-10(2)8-14(19)20/h3-8,15-16H,1-2H3,(H,17,18)(H,19,20)/b9-7-,10-8-. The highest BCUT2D eigenvalue weighted by Crippen LogP contribution is 2.23. The summed E-state index contributed by atoms with van der Waals surface area (Å²) in [5, 5.41) is 23.2. The molecular formula is C14H16N2O4. The molecule has 4 N–H and O–H groups in total. The van der Waals surface area contributed by atoms with Crippen molar-refractivity contribution in [2.75, 3.05) is 10.6 Å². The normalized spacial score (nSPS) is 11.9. The predicted octanol–water partition coefficient (Wildman–Crippen LogP) is 2.49. The van der Waals surface area contributed by atoms with E-state index < -0.39 is 11.9 Å². The maximum absolute atomic E-state index is 10.6. The summed E-state index contributed by atoms with van der Waals surface area (Å²) < 4.78 is 0. The highest BCUT2D eigenvalue weighted by Gasteiger charge is 2.03. The Balaban J connectivity index is 2.94. The van der Waals surface area contributed by atoms with Crippen LogP contribution in [0.4, 0.5) is 11.4 Å². The molecule has 0 fully saturated rings. The number of carboxylic acids is 2. The molecule has 1 aromatic rings. The zero-order chi connectivity index (χ0) is 15.1. The molecule has 6 heteroatoms. The quantitative estimate of drug-likeness (QED) is 0.596. The van der Waals surface area contributed by atoms with Crippen molar-refractivity contribution in [1.29, 1.82) is 0 Å². The van der Waals surface area contributed by atoms with Crippen molar-refractivity contribution in [3.63, 3.8) is 0 Å². The molecule has 106 valence electrons. The maximum atomic E-state index is 10.6. The Hall–Kier alpha value is -2.76. The Labute approximate surface area is 116 Å². The minimum absolute atomic E-state index is 0.464. The number of carboxylic acid groups (broad SMARTS) is 2. The van der Waals surface area contributed by atoms with Crippen molar-refractivity contribution < 1.29 is 19.8 Å². The summed E-state index contributed by atoms with van der Waals surface area (Å²) >= 11 is 0. The number of para-hydroxylation sites is 2. The van der Waals surface area contributed by atoms with Crippen molar-refractivity contribution in [2.24, 2.45) is 0 Å². The first-order valence-corrected chi connectivity index (χ1v) is 5.84. The van der Waals surface area contributed by atoms with Gasteiger partial charge in [0.05, 0.1) is 11.4 Å². The van der Waals surface area contributed by atoms with Crippen LogP contribution in [-0.2, 0) is 9.59 Å². The summed E-state index contributed by atoms with van der Waals surface area (Å²) in [6, 6.07) is 7.10. The summed E-state index contributed by atoms with van der Waals surface area (Å²) in [6.45, 7) is 3.26. The molecule has 0 amide bonds. The van der Waals surface area contributed by atoms with Crippen LogP contribution < -0.4 is 10.6 Å². The fourth-order valence-corrected chi connectivity index (χ4v) is 1.57. The maximum Gasteiger partial charge on any atom is 0.330 e. The van der Waals surface area contributed by atoms with E-state index in [4.69, 9.17) is 10.2 Å². The lowest BCUT2D eigenvalue weighted by Crippen LogP contribution is -2.05. The summed E-state index contributed by atoms with van der Waals surface area (Å²) in [6.07, 6.45) is 2.10. The highest BCUT2D eigenvalue weighted by molar-refractivity contribution is 5.83. The van der Waals surface area contributed by atoms with E-state index in [1.165, 1.54) is 0 Å². The Bertz CT molecular complexity index is 525. The smallest absolute Gasteiger partial charge is 0.330 e. The SMILES string of the molecule is C/C(=C/C(=O)O)Nc1ccccc1N/C(C)=C\C(=O)O. The van der Waals surface area contributed by atoms with Crippen molar-refractivity contribution >= 4 is 23.3 Å². The van der Waals surface area contributed by atoms with Crippen molar-refractivity contribution in [2.45, 2.75) is 13.8 Å². The zero-order valence-corrected chi connectivity index (χ0v) is 11.2. The summed E-state index contributed by atoms with van der Waals surface area (Å²) in [5.74, 6) is -2.08. The molecule has 0 spiro atoms. The van der Waals surface area contributed by atoms with Gasteiger partial charge in [-0.1, -0.05) is 12.1 Å². The number of aliphatic carboxylic acids is 2.